The molecule has 0 N–H and O–H groups in total. The van der Waals surface area contributed by atoms with Crippen LogP contribution >= 0.6 is 0 Å². The van der Waals surface area contributed by atoms with E-state index in [4.69, 9.17) is 0 Å². The fourth-order valence-electron chi connectivity index (χ4n) is 5.92. The van der Waals surface area contributed by atoms with Crippen LogP contribution in [0.2, 0.25) is 0 Å². The molecule has 38 heavy (non-hydrogen) atoms. The summed E-state index contributed by atoms with van der Waals surface area (Å²) >= 11 is 0. The lowest BCUT2D eigenvalue weighted by molar-refractivity contribution is -0.140. The molecule has 1 spiro atoms. The Hall–Kier alpha value is -2.91. The molecule has 0 aromatic heterocycles. The maximum absolute atomic E-state index is 13.9. The topological polar surface area (TPSA) is 81.2 Å². The molecule has 0 unspecified atom stereocenters. The van der Waals surface area contributed by atoms with E-state index < -0.39 is 15.6 Å². The van der Waals surface area contributed by atoms with Gasteiger partial charge in [-0.15, -0.1) is 0 Å². The normalized spacial score (nSPS) is 20.5. The molecule has 8 nitrogen and oxygen atoms in total. The zero-order chi connectivity index (χ0) is 27.1. The SMILES string of the molecule is CC(C)(C)c1ccc(S(=O)(=O)N2CCC3(CC2)C(=O)N(CC(=O)N2CCCC2)CN3c2ccccc2)cc1. The molecular weight excluding hydrogens is 500 g/mol. The zero-order valence-corrected chi connectivity index (χ0v) is 23.4. The van der Waals surface area contributed by atoms with Crippen molar-refractivity contribution in [3.63, 3.8) is 0 Å². The summed E-state index contributed by atoms with van der Waals surface area (Å²) in [6, 6.07) is 16.9. The van der Waals surface area contributed by atoms with Crippen LogP contribution in [0, 0.1) is 0 Å². The quantitative estimate of drug-likeness (QED) is 0.583. The van der Waals surface area contributed by atoms with Gasteiger partial charge >= 0.3 is 0 Å². The Labute approximate surface area is 226 Å². The Kier molecular flexibility index (Phi) is 7.02. The van der Waals surface area contributed by atoms with E-state index in [0.29, 0.717) is 19.5 Å². The molecule has 5 rings (SSSR count). The summed E-state index contributed by atoms with van der Waals surface area (Å²) in [6.45, 7) is 8.66. The van der Waals surface area contributed by atoms with Crippen LogP contribution in [0.4, 0.5) is 5.69 Å². The summed E-state index contributed by atoms with van der Waals surface area (Å²) in [5.41, 5.74) is 1.05. The van der Waals surface area contributed by atoms with Crippen molar-refractivity contribution in [3.05, 3.63) is 60.2 Å². The fraction of sp³-hybridized carbons (Fsp3) is 0.517. The number of piperidine rings is 1. The molecule has 0 aliphatic carbocycles. The molecule has 2 amide bonds. The third-order valence-electron chi connectivity index (χ3n) is 8.27. The van der Waals surface area contributed by atoms with Crippen LogP contribution in [0.3, 0.4) is 0 Å². The number of carbonyl (C=O) groups excluding carboxylic acids is 2. The molecule has 2 aromatic rings. The first kappa shape index (κ1) is 26.7. The number of hydrogen-bond donors (Lipinski definition) is 0. The third kappa shape index (κ3) is 4.82. The number of rotatable bonds is 5. The first-order valence-corrected chi connectivity index (χ1v) is 15.0. The molecule has 3 heterocycles. The summed E-state index contributed by atoms with van der Waals surface area (Å²) in [4.78, 5) is 32.7. The Balaban J connectivity index is 1.36. The summed E-state index contributed by atoms with van der Waals surface area (Å²) in [7, 11) is -3.68. The largest absolute Gasteiger partial charge is 0.341 e. The first-order chi connectivity index (χ1) is 18.0. The monoisotopic (exact) mass is 538 g/mol. The van der Waals surface area contributed by atoms with Crippen LogP contribution in [-0.2, 0) is 25.0 Å². The molecule has 3 aliphatic heterocycles. The van der Waals surface area contributed by atoms with Crippen LogP contribution in [0.25, 0.3) is 0 Å². The van der Waals surface area contributed by atoms with Gasteiger partial charge in [-0.05, 0) is 60.9 Å². The second kappa shape index (κ2) is 10.0. The van der Waals surface area contributed by atoms with E-state index in [1.165, 1.54) is 4.31 Å². The summed E-state index contributed by atoms with van der Waals surface area (Å²) in [5.74, 6) is -0.0971. The van der Waals surface area contributed by atoms with E-state index in [1.54, 1.807) is 17.0 Å². The lowest BCUT2D eigenvalue weighted by atomic mass is 9.86. The van der Waals surface area contributed by atoms with Crippen LogP contribution in [0.5, 0.6) is 0 Å². The van der Waals surface area contributed by atoms with Gasteiger partial charge in [0.2, 0.25) is 21.8 Å². The maximum Gasteiger partial charge on any atom is 0.250 e. The number of carbonyl (C=O) groups is 2. The van der Waals surface area contributed by atoms with Gasteiger partial charge in [0, 0.05) is 31.9 Å². The number of para-hydroxylation sites is 1. The van der Waals surface area contributed by atoms with Gasteiger partial charge in [0.15, 0.2) is 0 Å². The molecular formula is C29H38N4O4S. The van der Waals surface area contributed by atoms with E-state index in [2.05, 4.69) is 25.7 Å². The number of anilines is 1. The lowest BCUT2D eigenvalue weighted by Crippen LogP contribution is -2.57. The Morgan fingerprint density at radius 3 is 2.08 bits per heavy atom. The van der Waals surface area contributed by atoms with E-state index in [0.717, 1.165) is 37.2 Å². The molecule has 204 valence electrons. The molecule has 0 atom stereocenters. The minimum absolute atomic E-state index is 0.0142. The second-order valence-electron chi connectivity index (χ2n) is 11.7. The van der Waals surface area contributed by atoms with Gasteiger partial charge in [-0.25, -0.2) is 8.42 Å². The van der Waals surface area contributed by atoms with Crippen LogP contribution < -0.4 is 4.90 Å². The number of hydrogen-bond acceptors (Lipinski definition) is 5. The van der Waals surface area contributed by atoms with Crippen molar-refractivity contribution < 1.29 is 18.0 Å². The van der Waals surface area contributed by atoms with Crippen molar-refractivity contribution in [1.82, 2.24) is 14.1 Å². The number of sulfonamides is 1. The van der Waals surface area contributed by atoms with Crippen molar-refractivity contribution in [1.29, 1.82) is 0 Å². The lowest BCUT2D eigenvalue weighted by Gasteiger charge is -2.42. The van der Waals surface area contributed by atoms with E-state index in [9.17, 15) is 18.0 Å². The van der Waals surface area contributed by atoms with Crippen molar-refractivity contribution in [2.24, 2.45) is 0 Å². The summed E-state index contributed by atoms with van der Waals surface area (Å²) in [6.07, 6.45) is 2.74. The van der Waals surface area contributed by atoms with Gasteiger partial charge in [-0.3, -0.25) is 9.59 Å². The zero-order valence-electron chi connectivity index (χ0n) is 22.6. The van der Waals surface area contributed by atoms with E-state index in [-0.39, 0.29) is 41.8 Å². The fourth-order valence-corrected chi connectivity index (χ4v) is 7.37. The molecule has 3 fully saturated rings. The van der Waals surface area contributed by atoms with E-state index in [1.807, 2.05) is 47.4 Å². The highest BCUT2D eigenvalue weighted by atomic mass is 32.2. The molecule has 3 saturated heterocycles. The van der Waals surface area contributed by atoms with Gasteiger partial charge in [0.05, 0.1) is 11.6 Å². The number of likely N-dealkylation sites (tertiary alicyclic amines) is 1. The summed E-state index contributed by atoms with van der Waals surface area (Å²) in [5, 5.41) is 0. The van der Waals surface area contributed by atoms with Crippen LogP contribution in [0.1, 0.15) is 52.0 Å². The molecule has 2 aromatic carbocycles. The Morgan fingerprint density at radius 2 is 1.50 bits per heavy atom. The number of amides is 2. The summed E-state index contributed by atoms with van der Waals surface area (Å²) < 4.78 is 28.5. The second-order valence-corrected chi connectivity index (χ2v) is 13.6. The van der Waals surface area contributed by atoms with Crippen molar-refractivity contribution >= 4 is 27.5 Å². The van der Waals surface area contributed by atoms with Crippen LogP contribution in [-0.4, -0.2) is 79.3 Å². The molecule has 0 radical (unpaired) electrons. The van der Waals surface area contributed by atoms with Gasteiger partial charge in [0.1, 0.15) is 12.1 Å². The first-order valence-electron chi connectivity index (χ1n) is 13.5. The molecule has 0 bridgehead atoms. The highest BCUT2D eigenvalue weighted by Crippen LogP contribution is 2.40. The highest BCUT2D eigenvalue weighted by Gasteiger charge is 2.55. The van der Waals surface area contributed by atoms with Gasteiger partial charge < -0.3 is 14.7 Å². The van der Waals surface area contributed by atoms with Crippen LogP contribution in [0.15, 0.2) is 59.5 Å². The Morgan fingerprint density at radius 1 is 0.895 bits per heavy atom. The smallest absolute Gasteiger partial charge is 0.250 e. The van der Waals surface area contributed by atoms with Gasteiger partial charge in [-0.1, -0.05) is 51.1 Å². The average Bonchev–Trinajstić information content (AvgIpc) is 3.53. The Bertz CT molecular complexity index is 1270. The van der Waals surface area contributed by atoms with Gasteiger partial charge in [-0.2, -0.15) is 4.31 Å². The van der Waals surface area contributed by atoms with E-state index >= 15 is 0 Å². The molecule has 0 saturated carbocycles. The third-order valence-corrected chi connectivity index (χ3v) is 10.2. The molecule has 3 aliphatic rings. The number of nitrogens with zero attached hydrogens (tertiary/aromatic N) is 4. The predicted octanol–water partition coefficient (Wildman–Crippen LogP) is 3.44. The standard InChI is InChI=1S/C29H38N4O4S/c1-28(2,3)23-11-13-25(14-12-23)38(36,37)32-19-15-29(16-20-32)27(35)31(21-26(34)30-17-7-8-18-30)22-33(29)24-9-5-4-6-10-24/h4-6,9-14H,7-8,15-22H2,1-3H3. The highest BCUT2D eigenvalue weighted by molar-refractivity contribution is 7.89. The van der Waals surface area contributed by atoms with Crippen molar-refractivity contribution in [3.8, 4) is 0 Å². The average molecular weight is 539 g/mol. The predicted molar refractivity (Wildman–Crippen MR) is 147 cm³/mol. The van der Waals surface area contributed by atoms with Crippen molar-refractivity contribution in [2.45, 2.75) is 62.3 Å². The molecule has 9 heteroatoms. The van der Waals surface area contributed by atoms with Crippen molar-refractivity contribution in [2.75, 3.05) is 44.3 Å². The van der Waals surface area contributed by atoms with Gasteiger partial charge in [0.25, 0.3) is 0 Å². The number of benzene rings is 2. The minimum atomic E-state index is -3.68. The maximum atomic E-state index is 13.9. The minimum Gasteiger partial charge on any atom is -0.341 e.